The third kappa shape index (κ3) is 82.6. The number of carbonyl (C=O) groups is 3. The predicted molar refractivity (Wildman–Crippen MR) is 435 cm³/mol. The van der Waals surface area contributed by atoms with Gasteiger partial charge in [-0.3, -0.25) is 9.59 Å². The first-order valence-electron chi connectivity index (χ1n) is 42.3. The van der Waals surface area contributed by atoms with Crippen LogP contribution in [-0.4, -0.2) is 82.3 Å². The fraction of sp³-hybridized carbons (Fsp3) is 0.728. The molecule has 0 bridgehead atoms. The molecule has 9 heteroatoms. The van der Waals surface area contributed by atoms with Crippen molar-refractivity contribution in [2.45, 2.75) is 386 Å². The van der Waals surface area contributed by atoms with Gasteiger partial charge >= 0.3 is 11.9 Å². The smallest absolute Gasteiger partial charge is 0.306 e. The highest BCUT2D eigenvalue weighted by Gasteiger charge is 2.22. The Kier molecular flexibility index (Phi) is 77.4. The average Bonchev–Trinajstić information content (AvgIpc) is 1.21. The molecule has 2 atom stereocenters. The van der Waals surface area contributed by atoms with Crippen molar-refractivity contribution < 1.29 is 42.9 Å². The average molecular weight is 1410 g/mol. The molecular weight excluding hydrogens is 1250 g/mol. The number of allylic oxidation sites excluding steroid dienone is 22. The number of carboxylic acids is 1. The minimum atomic E-state index is -1.63. The summed E-state index contributed by atoms with van der Waals surface area (Å²) >= 11 is 0. The van der Waals surface area contributed by atoms with Gasteiger partial charge in [-0.2, -0.15) is 0 Å². The molecule has 2 unspecified atom stereocenters. The molecule has 101 heavy (non-hydrogen) atoms. The van der Waals surface area contributed by atoms with Crippen LogP contribution in [0.2, 0.25) is 0 Å². The highest BCUT2D eigenvalue weighted by molar-refractivity contribution is 5.70. The van der Waals surface area contributed by atoms with Crippen molar-refractivity contribution in [3.63, 3.8) is 0 Å². The zero-order valence-corrected chi connectivity index (χ0v) is 66.5. The standard InChI is InChI=1S/C92H159NO8/c1-6-8-10-12-14-16-18-20-22-24-26-28-30-32-34-36-38-40-42-44-45-47-49-51-53-55-57-59-61-63-65-67-69-71-73-75-77-79-81-83-90(95)101-88(87-100-92(91(96)97)98-85-84-93(3,4)5)86-99-89(94)82-80-78-76-74-72-70-68-66-64-62-60-58-56-54-52-50-48-46-43-41-39-37-35-33-31-29-27-25-23-21-19-17-15-13-11-9-7-2/h8-11,14-17,20-23,26-29,32-35,38,40,88,92H,6-7,12-13,18-19,24-25,30-31,36-37,39,41-87H2,1-5H3/b10-8-,11-9-,16-14-,17-15-,22-20-,23-21-,28-26-,29-27-,34-32-,35-33-,40-38-. The number of unbranched alkanes of at least 4 members (excludes halogenated alkanes) is 41. The largest absolute Gasteiger partial charge is 0.545 e. The van der Waals surface area contributed by atoms with E-state index in [1.807, 2.05) is 21.1 Å². The summed E-state index contributed by atoms with van der Waals surface area (Å²) in [6.07, 6.45) is 114. The minimum absolute atomic E-state index is 0.146. The summed E-state index contributed by atoms with van der Waals surface area (Å²) < 4.78 is 22.9. The lowest BCUT2D eigenvalue weighted by Crippen LogP contribution is -2.44. The Hall–Kier alpha value is -4.57. The van der Waals surface area contributed by atoms with Crippen LogP contribution in [0.4, 0.5) is 0 Å². The van der Waals surface area contributed by atoms with Crippen molar-refractivity contribution in [1.29, 1.82) is 0 Å². The van der Waals surface area contributed by atoms with Crippen molar-refractivity contribution in [1.82, 2.24) is 0 Å². The first kappa shape index (κ1) is 96.4. The van der Waals surface area contributed by atoms with Crippen LogP contribution in [0.1, 0.15) is 373 Å². The molecule has 0 spiro atoms. The maximum absolute atomic E-state index is 13.0. The van der Waals surface area contributed by atoms with Gasteiger partial charge in [0.25, 0.3) is 0 Å². The number of quaternary nitrogens is 1. The quantitative estimate of drug-likeness (QED) is 0.0195. The Morgan fingerprint density at radius 3 is 0.792 bits per heavy atom. The van der Waals surface area contributed by atoms with E-state index in [4.69, 9.17) is 18.9 Å². The van der Waals surface area contributed by atoms with Crippen LogP contribution in [0.15, 0.2) is 134 Å². The van der Waals surface area contributed by atoms with Gasteiger partial charge in [-0.15, -0.1) is 0 Å². The van der Waals surface area contributed by atoms with Gasteiger partial charge in [-0.05, 0) is 109 Å². The maximum atomic E-state index is 13.0. The van der Waals surface area contributed by atoms with Crippen LogP contribution < -0.4 is 5.11 Å². The van der Waals surface area contributed by atoms with E-state index in [-0.39, 0.29) is 32.2 Å². The van der Waals surface area contributed by atoms with Crippen LogP contribution >= 0.6 is 0 Å². The monoisotopic (exact) mass is 1410 g/mol. The molecule has 0 saturated heterocycles. The molecule has 0 aliphatic rings. The Bertz CT molecular complexity index is 2130. The summed E-state index contributed by atoms with van der Waals surface area (Å²) in [5, 5.41) is 11.9. The van der Waals surface area contributed by atoms with Crippen molar-refractivity contribution in [2.75, 3.05) is 47.5 Å². The fourth-order valence-electron chi connectivity index (χ4n) is 12.0. The van der Waals surface area contributed by atoms with E-state index < -0.39 is 24.3 Å². The second kappa shape index (κ2) is 81.1. The van der Waals surface area contributed by atoms with Crippen LogP contribution in [0.3, 0.4) is 0 Å². The van der Waals surface area contributed by atoms with Gasteiger partial charge in [0.1, 0.15) is 13.2 Å². The van der Waals surface area contributed by atoms with Crippen molar-refractivity contribution >= 4 is 17.9 Å². The van der Waals surface area contributed by atoms with E-state index in [9.17, 15) is 19.5 Å². The maximum Gasteiger partial charge on any atom is 0.306 e. The van der Waals surface area contributed by atoms with E-state index in [0.29, 0.717) is 23.9 Å². The first-order valence-corrected chi connectivity index (χ1v) is 42.3. The van der Waals surface area contributed by atoms with Crippen molar-refractivity contribution in [3.8, 4) is 0 Å². The van der Waals surface area contributed by atoms with Gasteiger partial charge in [-0.1, -0.05) is 385 Å². The number of hydrogen-bond donors (Lipinski definition) is 0. The highest BCUT2D eigenvalue weighted by Crippen LogP contribution is 2.19. The summed E-state index contributed by atoms with van der Waals surface area (Å²) in [6.45, 7) is 4.56. The Morgan fingerprint density at radius 2 is 0.535 bits per heavy atom. The summed E-state index contributed by atoms with van der Waals surface area (Å²) in [5.41, 5.74) is 0. The minimum Gasteiger partial charge on any atom is -0.545 e. The van der Waals surface area contributed by atoms with E-state index in [1.54, 1.807) is 0 Å². The number of ether oxygens (including phenoxy) is 4. The van der Waals surface area contributed by atoms with E-state index in [0.717, 1.165) is 103 Å². The Morgan fingerprint density at radius 1 is 0.297 bits per heavy atom. The molecule has 0 amide bonds. The van der Waals surface area contributed by atoms with Crippen LogP contribution in [-0.2, 0) is 33.3 Å². The molecule has 0 rings (SSSR count). The van der Waals surface area contributed by atoms with E-state index in [2.05, 4.69) is 148 Å². The number of esters is 2. The molecule has 9 nitrogen and oxygen atoms in total. The Labute approximate surface area is 624 Å². The predicted octanol–water partition coefficient (Wildman–Crippen LogP) is 26.3. The Balaban J connectivity index is 3.97. The van der Waals surface area contributed by atoms with Gasteiger partial charge in [-0.25, -0.2) is 0 Å². The van der Waals surface area contributed by atoms with Crippen LogP contribution in [0.5, 0.6) is 0 Å². The normalized spacial score (nSPS) is 13.3. The number of likely N-dealkylation sites (N-methyl/N-ethyl adjacent to an activating group) is 1. The molecule has 0 aromatic heterocycles. The topological polar surface area (TPSA) is 111 Å². The number of hydrogen-bond acceptors (Lipinski definition) is 8. The molecule has 580 valence electrons. The summed E-state index contributed by atoms with van der Waals surface area (Å²) in [7, 11) is 5.95. The van der Waals surface area contributed by atoms with Gasteiger partial charge < -0.3 is 33.3 Å². The van der Waals surface area contributed by atoms with Crippen molar-refractivity contribution in [3.05, 3.63) is 134 Å². The summed E-state index contributed by atoms with van der Waals surface area (Å²) in [4.78, 5) is 37.7. The molecule has 0 aliphatic carbocycles. The lowest BCUT2D eigenvalue weighted by atomic mass is 10.0. The lowest BCUT2D eigenvalue weighted by molar-refractivity contribution is -0.870. The highest BCUT2D eigenvalue weighted by atomic mass is 16.7. The number of aliphatic carboxylic acids is 1. The second-order valence-electron chi connectivity index (χ2n) is 29.4. The molecule has 0 radical (unpaired) electrons. The number of carbonyl (C=O) groups excluding carboxylic acids is 3. The third-order valence-corrected chi connectivity index (χ3v) is 18.4. The third-order valence-electron chi connectivity index (χ3n) is 18.4. The van der Waals surface area contributed by atoms with Gasteiger partial charge in [0.2, 0.25) is 0 Å². The van der Waals surface area contributed by atoms with Gasteiger partial charge in [0.05, 0.1) is 40.3 Å². The van der Waals surface area contributed by atoms with Gasteiger partial charge in [0.15, 0.2) is 12.4 Å². The first-order chi connectivity index (χ1) is 49.6. The van der Waals surface area contributed by atoms with Crippen molar-refractivity contribution in [2.24, 2.45) is 0 Å². The molecule has 0 aromatic carbocycles. The second-order valence-corrected chi connectivity index (χ2v) is 29.4. The molecule has 0 aromatic rings. The molecule has 0 saturated carbocycles. The van der Waals surface area contributed by atoms with Gasteiger partial charge in [0, 0.05) is 12.8 Å². The zero-order valence-electron chi connectivity index (χ0n) is 66.5. The fourth-order valence-corrected chi connectivity index (χ4v) is 12.0. The molecule has 0 N–H and O–H groups in total. The van der Waals surface area contributed by atoms with E-state index >= 15 is 0 Å². The molecular formula is C92H159NO8. The number of rotatable bonds is 78. The molecule has 0 fully saturated rings. The van der Waals surface area contributed by atoms with E-state index in [1.165, 1.54) is 238 Å². The van der Waals surface area contributed by atoms with Crippen LogP contribution in [0, 0.1) is 0 Å². The summed E-state index contributed by atoms with van der Waals surface area (Å²) in [6, 6.07) is 0. The number of nitrogens with zero attached hydrogens (tertiary/aromatic N) is 1. The van der Waals surface area contributed by atoms with Crippen LogP contribution in [0.25, 0.3) is 0 Å². The SMILES string of the molecule is CC/C=C\C/C=C\C/C=C\C/C=C\C/C=C\C/C=C\CCCCCCCCCCCCCCCCCCCCCCC(=O)OC(COC(=O)CCCCCCCCCCCCCCCCCCCCCCC/C=C\C/C=C\C/C=C\C/C=C\C/C=C\CC)COC(OCC[N+](C)(C)C)C(=O)[O-]. The zero-order chi connectivity index (χ0) is 73.2. The number of carboxylic acid groups (broad SMARTS) is 1. The lowest BCUT2D eigenvalue weighted by Gasteiger charge is -2.26. The summed E-state index contributed by atoms with van der Waals surface area (Å²) in [5.74, 6) is -2.26. The molecule has 0 heterocycles. The molecule has 0 aliphatic heterocycles.